The van der Waals surface area contributed by atoms with E-state index in [1.54, 1.807) is 4.68 Å². The molecule has 2 N–H and O–H groups in total. The van der Waals surface area contributed by atoms with Crippen molar-refractivity contribution in [3.8, 4) is 5.69 Å². The molecule has 3 rings (SSSR count). The molecular weight excluding hydrogens is 330 g/mol. The summed E-state index contributed by atoms with van der Waals surface area (Å²) in [5.41, 5.74) is 1.26. The Labute approximate surface area is 153 Å². The third-order valence-electron chi connectivity index (χ3n) is 5.35. The van der Waals surface area contributed by atoms with Crippen molar-refractivity contribution in [2.75, 3.05) is 6.54 Å². The molecule has 0 unspecified atom stereocenters. The molecule has 6 nitrogen and oxygen atoms in total. The molecule has 1 saturated carbocycles. The lowest BCUT2D eigenvalue weighted by molar-refractivity contribution is -0.149. The van der Waals surface area contributed by atoms with Gasteiger partial charge in [-0.05, 0) is 43.9 Å². The highest BCUT2D eigenvalue weighted by molar-refractivity contribution is 5.93. The summed E-state index contributed by atoms with van der Waals surface area (Å²) in [7, 11) is 0. The van der Waals surface area contributed by atoms with Gasteiger partial charge in [0, 0.05) is 12.5 Å². The first-order valence-electron chi connectivity index (χ1n) is 9.17. The van der Waals surface area contributed by atoms with Crippen LogP contribution in [0.5, 0.6) is 0 Å². The number of aliphatic carboxylic acids is 1. The summed E-state index contributed by atoms with van der Waals surface area (Å²) in [4.78, 5) is 24.5. The number of hydrogen-bond acceptors (Lipinski definition) is 3. The minimum Gasteiger partial charge on any atom is -0.481 e. The first-order chi connectivity index (χ1) is 12.5. The minimum atomic E-state index is -0.938. The van der Waals surface area contributed by atoms with Gasteiger partial charge >= 0.3 is 5.97 Å². The van der Waals surface area contributed by atoms with Gasteiger partial charge in [-0.15, -0.1) is 0 Å². The van der Waals surface area contributed by atoms with Gasteiger partial charge in [-0.3, -0.25) is 9.59 Å². The lowest BCUT2D eigenvalue weighted by Gasteiger charge is -2.26. The highest BCUT2D eigenvalue weighted by Gasteiger charge is 2.36. The monoisotopic (exact) mass is 355 g/mol. The number of benzene rings is 1. The lowest BCUT2D eigenvalue weighted by atomic mass is 9.82. The summed E-state index contributed by atoms with van der Waals surface area (Å²) < 4.78 is 1.66. The third-order valence-corrected chi connectivity index (χ3v) is 5.35. The number of aromatic nitrogens is 2. The van der Waals surface area contributed by atoms with E-state index in [9.17, 15) is 14.7 Å². The minimum absolute atomic E-state index is 0.104. The molecule has 0 radical (unpaired) electrons. The fourth-order valence-electron chi connectivity index (χ4n) is 3.12. The molecule has 0 spiro atoms. The van der Waals surface area contributed by atoms with E-state index in [1.807, 2.05) is 50.2 Å². The number of carbonyl (C=O) groups excluding carboxylic acids is 1. The van der Waals surface area contributed by atoms with E-state index in [2.05, 4.69) is 10.4 Å². The van der Waals surface area contributed by atoms with Crippen molar-refractivity contribution in [1.29, 1.82) is 0 Å². The van der Waals surface area contributed by atoms with Crippen LogP contribution in [-0.2, 0) is 4.79 Å². The maximum Gasteiger partial charge on any atom is 0.311 e. The van der Waals surface area contributed by atoms with Crippen LogP contribution < -0.4 is 5.32 Å². The normalized spacial score (nSPS) is 14.2. The van der Waals surface area contributed by atoms with E-state index in [4.69, 9.17) is 0 Å². The van der Waals surface area contributed by atoms with Gasteiger partial charge < -0.3 is 10.4 Å². The Morgan fingerprint density at radius 3 is 2.42 bits per heavy atom. The second-order valence-corrected chi connectivity index (χ2v) is 6.95. The van der Waals surface area contributed by atoms with Crippen molar-refractivity contribution in [3.63, 3.8) is 0 Å². The zero-order valence-electron chi connectivity index (χ0n) is 15.2. The number of hydrogen-bond donors (Lipinski definition) is 2. The molecule has 26 heavy (non-hydrogen) atoms. The van der Waals surface area contributed by atoms with Gasteiger partial charge in [-0.2, -0.15) is 5.10 Å². The van der Waals surface area contributed by atoms with Gasteiger partial charge in [-0.1, -0.05) is 32.0 Å². The first kappa shape index (κ1) is 18.2. The van der Waals surface area contributed by atoms with Gasteiger partial charge in [0.1, 0.15) is 5.69 Å². The van der Waals surface area contributed by atoms with Crippen molar-refractivity contribution < 1.29 is 14.7 Å². The quantitative estimate of drug-likeness (QED) is 0.760. The van der Waals surface area contributed by atoms with Crippen LogP contribution in [0.2, 0.25) is 0 Å². The number of carbonyl (C=O) groups is 2. The molecule has 1 aliphatic rings. The molecule has 0 atom stereocenters. The largest absolute Gasteiger partial charge is 0.481 e. The van der Waals surface area contributed by atoms with Crippen LogP contribution in [0.15, 0.2) is 36.4 Å². The average molecular weight is 355 g/mol. The Hall–Kier alpha value is -2.63. The van der Waals surface area contributed by atoms with E-state index in [1.165, 1.54) is 0 Å². The first-order valence-corrected chi connectivity index (χ1v) is 9.17. The number of carboxylic acid groups (broad SMARTS) is 1. The Morgan fingerprint density at radius 2 is 1.88 bits per heavy atom. The fraction of sp³-hybridized carbons (Fsp3) is 0.450. The molecule has 0 saturated heterocycles. The van der Waals surface area contributed by atoms with E-state index in [0.29, 0.717) is 24.5 Å². The molecule has 1 aromatic carbocycles. The second kappa shape index (κ2) is 7.32. The Morgan fingerprint density at radius 1 is 1.23 bits per heavy atom. The molecule has 0 bridgehead atoms. The fourth-order valence-corrected chi connectivity index (χ4v) is 3.12. The number of para-hydroxylation sites is 1. The van der Waals surface area contributed by atoms with Crippen LogP contribution in [0.3, 0.4) is 0 Å². The summed E-state index contributed by atoms with van der Waals surface area (Å²) in [5, 5.41) is 17.0. The molecule has 2 aromatic rings. The molecule has 1 aliphatic carbocycles. The SMILES string of the molecule is CCC(CC)(CNC(=O)c1cc(C2CC2)nn1-c1ccccc1)C(=O)O. The summed E-state index contributed by atoms with van der Waals surface area (Å²) in [6, 6.07) is 11.4. The maximum atomic E-state index is 12.8. The van der Waals surface area contributed by atoms with Gasteiger partial charge in [-0.25, -0.2) is 4.68 Å². The van der Waals surface area contributed by atoms with Gasteiger partial charge in [0.05, 0.1) is 16.8 Å². The summed E-state index contributed by atoms with van der Waals surface area (Å²) in [6.07, 6.45) is 3.12. The molecule has 0 aliphatic heterocycles. The standard InChI is InChI=1S/C20H25N3O3/c1-3-20(4-2,19(25)26)13-21-18(24)17-12-16(14-10-11-14)22-23(17)15-8-6-5-7-9-15/h5-9,12,14H,3-4,10-11,13H2,1-2H3,(H,21,24)(H,25,26). The predicted octanol–water partition coefficient (Wildman–Crippen LogP) is 3.37. The Balaban J connectivity index is 1.86. The van der Waals surface area contributed by atoms with Crippen molar-refractivity contribution in [3.05, 3.63) is 47.8 Å². The number of rotatable bonds is 8. The van der Waals surface area contributed by atoms with Gasteiger partial charge in [0.2, 0.25) is 0 Å². The topological polar surface area (TPSA) is 84.2 Å². The molecule has 6 heteroatoms. The van der Waals surface area contributed by atoms with Crippen LogP contribution in [0.1, 0.15) is 61.6 Å². The average Bonchev–Trinajstić information content (AvgIpc) is 3.41. The van der Waals surface area contributed by atoms with E-state index < -0.39 is 11.4 Å². The number of nitrogens with one attached hydrogen (secondary N) is 1. The summed E-state index contributed by atoms with van der Waals surface area (Å²) in [6.45, 7) is 3.78. The van der Waals surface area contributed by atoms with E-state index in [0.717, 1.165) is 24.2 Å². The van der Waals surface area contributed by atoms with Crippen LogP contribution in [0.25, 0.3) is 5.69 Å². The van der Waals surface area contributed by atoms with Crippen molar-refractivity contribution in [1.82, 2.24) is 15.1 Å². The molecule has 1 amide bonds. The predicted molar refractivity (Wildman–Crippen MR) is 98.5 cm³/mol. The molecule has 138 valence electrons. The number of amides is 1. The summed E-state index contributed by atoms with van der Waals surface area (Å²) in [5.74, 6) is -0.741. The Bertz CT molecular complexity index is 790. The van der Waals surface area contributed by atoms with Crippen molar-refractivity contribution >= 4 is 11.9 Å². The van der Waals surface area contributed by atoms with Crippen LogP contribution >= 0.6 is 0 Å². The zero-order valence-corrected chi connectivity index (χ0v) is 15.2. The molecule has 1 heterocycles. The highest BCUT2D eigenvalue weighted by Crippen LogP contribution is 2.39. The van der Waals surface area contributed by atoms with Crippen molar-refractivity contribution in [2.24, 2.45) is 5.41 Å². The second-order valence-electron chi connectivity index (χ2n) is 6.95. The van der Waals surface area contributed by atoms with E-state index in [-0.39, 0.29) is 12.5 Å². The van der Waals surface area contributed by atoms with E-state index >= 15 is 0 Å². The van der Waals surface area contributed by atoms with Gasteiger partial charge in [0.25, 0.3) is 5.91 Å². The van der Waals surface area contributed by atoms with Crippen LogP contribution in [-0.4, -0.2) is 33.3 Å². The van der Waals surface area contributed by atoms with Crippen LogP contribution in [0, 0.1) is 5.41 Å². The lowest BCUT2D eigenvalue weighted by Crippen LogP contribution is -2.42. The number of nitrogens with zero attached hydrogens (tertiary/aromatic N) is 2. The molecule has 1 fully saturated rings. The molecule has 1 aromatic heterocycles. The zero-order chi connectivity index (χ0) is 18.7. The van der Waals surface area contributed by atoms with Crippen molar-refractivity contribution in [2.45, 2.75) is 45.4 Å². The maximum absolute atomic E-state index is 12.8. The van der Waals surface area contributed by atoms with Crippen LogP contribution in [0.4, 0.5) is 0 Å². The smallest absolute Gasteiger partial charge is 0.311 e. The third kappa shape index (κ3) is 3.49. The number of carboxylic acids is 1. The molecular formula is C20H25N3O3. The Kier molecular flexibility index (Phi) is 5.11. The summed E-state index contributed by atoms with van der Waals surface area (Å²) >= 11 is 0. The van der Waals surface area contributed by atoms with Gasteiger partial charge in [0.15, 0.2) is 0 Å². The highest BCUT2D eigenvalue weighted by atomic mass is 16.4.